The topological polar surface area (TPSA) is 48.1 Å². The van der Waals surface area contributed by atoms with Crippen LogP contribution in [0.25, 0.3) is 10.9 Å². The Morgan fingerprint density at radius 1 is 1.09 bits per heavy atom. The summed E-state index contributed by atoms with van der Waals surface area (Å²) in [7, 11) is 0. The van der Waals surface area contributed by atoms with Gasteiger partial charge in [0.05, 0.1) is 12.6 Å². The van der Waals surface area contributed by atoms with Crippen molar-refractivity contribution in [3.63, 3.8) is 0 Å². The summed E-state index contributed by atoms with van der Waals surface area (Å²) in [6.07, 6.45) is 5.94. The summed E-state index contributed by atoms with van der Waals surface area (Å²) in [6.45, 7) is 6.84. The number of pyridine rings is 1. The molecule has 1 saturated carbocycles. The van der Waals surface area contributed by atoms with Crippen molar-refractivity contribution in [3.8, 4) is 0 Å². The maximum absolute atomic E-state index is 13.0. The Balaban J connectivity index is 1.62. The Kier molecular flexibility index (Phi) is 6.95. The minimum atomic E-state index is -0.0273. The molecule has 1 heterocycles. The highest BCUT2D eigenvalue weighted by molar-refractivity contribution is 7.80. The number of aryl methyl sites for hydroxylation is 2. The van der Waals surface area contributed by atoms with E-state index in [1.54, 1.807) is 0 Å². The van der Waals surface area contributed by atoms with Crippen molar-refractivity contribution in [3.05, 3.63) is 81.1 Å². The van der Waals surface area contributed by atoms with Crippen LogP contribution in [0.2, 0.25) is 0 Å². The molecule has 2 N–H and O–H groups in total. The lowest BCUT2D eigenvalue weighted by molar-refractivity contribution is 0.233. The zero-order chi connectivity index (χ0) is 22.7. The molecule has 5 heteroatoms. The molecule has 4 rings (SSSR count). The van der Waals surface area contributed by atoms with E-state index in [9.17, 15) is 4.79 Å². The number of H-pyrrole nitrogens is 1. The molecule has 32 heavy (non-hydrogen) atoms. The third kappa shape index (κ3) is 5.04. The number of aromatic amines is 1. The molecule has 2 aromatic carbocycles. The average Bonchev–Trinajstić information content (AvgIpc) is 2.80. The first-order valence-corrected chi connectivity index (χ1v) is 12.1. The number of thiocarbonyl (C=S) groups is 1. The highest BCUT2D eigenvalue weighted by Crippen LogP contribution is 2.25. The van der Waals surface area contributed by atoms with E-state index in [0.717, 1.165) is 34.4 Å². The van der Waals surface area contributed by atoms with Gasteiger partial charge < -0.3 is 15.2 Å². The molecule has 0 spiro atoms. The van der Waals surface area contributed by atoms with Crippen LogP contribution >= 0.6 is 12.2 Å². The van der Waals surface area contributed by atoms with Gasteiger partial charge in [0.25, 0.3) is 5.56 Å². The number of rotatable bonds is 5. The number of nitrogens with zero attached hydrogens (tertiary/aromatic N) is 1. The molecule has 4 nitrogen and oxygen atoms in total. The highest BCUT2D eigenvalue weighted by Gasteiger charge is 2.25. The smallest absolute Gasteiger partial charge is 0.253 e. The maximum Gasteiger partial charge on any atom is 0.253 e. The first-order chi connectivity index (χ1) is 15.4. The molecule has 1 unspecified atom stereocenters. The van der Waals surface area contributed by atoms with Gasteiger partial charge in [0.15, 0.2) is 5.11 Å². The largest absolute Gasteiger partial charge is 0.356 e. The molecule has 1 aliphatic rings. The molecule has 0 amide bonds. The van der Waals surface area contributed by atoms with Gasteiger partial charge in [-0.1, -0.05) is 49.6 Å². The molecule has 0 aliphatic heterocycles. The fraction of sp³-hybridized carbons (Fsp3) is 0.407. The van der Waals surface area contributed by atoms with Crippen LogP contribution < -0.4 is 10.9 Å². The summed E-state index contributed by atoms with van der Waals surface area (Å²) in [4.78, 5) is 18.3. The van der Waals surface area contributed by atoms with E-state index < -0.39 is 0 Å². The number of hydrogen-bond acceptors (Lipinski definition) is 2. The first-order valence-electron chi connectivity index (χ1n) is 11.7. The van der Waals surface area contributed by atoms with Gasteiger partial charge in [0.1, 0.15) is 0 Å². The Morgan fingerprint density at radius 3 is 2.50 bits per heavy atom. The summed E-state index contributed by atoms with van der Waals surface area (Å²) < 4.78 is 0. The molecule has 0 radical (unpaired) electrons. The van der Waals surface area contributed by atoms with Gasteiger partial charge in [0, 0.05) is 17.1 Å². The van der Waals surface area contributed by atoms with Crippen LogP contribution in [0.15, 0.2) is 53.3 Å². The van der Waals surface area contributed by atoms with Crippen LogP contribution in [0, 0.1) is 13.8 Å². The summed E-state index contributed by atoms with van der Waals surface area (Å²) in [5.41, 5.74) is 5.25. The van der Waals surface area contributed by atoms with E-state index in [1.165, 1.54) is 36.0 Å². The molecule has 1 fully saturated rings. The van der Waals surface area contributed by atoms with Crippen molar-refractivity contribution < 1.29 is 0 Å². The minimum absolute atomic E-state index is 0.0273. The monoisotopic (exact) mass is 447 g/mol. The summed E-state index contributed by atoms with van der Waals surface area (Å²) >= 11 is 5.91. The maximum atomic E-state index is 13.0. The van der Waals surface area contributed by atoms with E-state index >= 15 is 0 Å². The van der Waals surface area contributed by atoms with Gasteiger partial charge >= 0.3 is 0 Å². The van der Waals surface area contributed by atoms with E-state index in [0.29, 0.717) is 12.6 Å². The van der Waals surface area contributed by atoms with Crippen LogP contribution in [-0.4, -0.2) is 21.0 Å². The molecule has 0 saturated heterocycles. The van der Waals surface area contributed by atoms with Gasteiger partial charge in [-0.25, -0.2) is 0 Å². The standard InChI is InChI=1S/C27H33N3OS/c1-18-14-22-16-23(26(31)29-25(22)15-19(18)2)17-30(24-12-8-5-9-13-24)27(32)28-20(3)21-10-6-4-7-11-21/h4,6-7,10-11,14-16,20,24H,5,8-9,12-13,17H2,1-3H3,(H,28,32)(H,29,31). The molecule has 0 bridgehead atoms. The van der Waals surface area contributed by atoms with Crippen molar-refractivity contribution in [2.24, 2.45) is 0 Å². The average molecular weight is 448 g/mol. The highest BCUT2D eigenvalue weighted by atomic mass is 32.1. The second-order valence-electron chi connectivity index (χ2n) is 9.15. The van der Waals surface area contributed by atoms with Crippen molar-refractivity contribution in [2.45, 2.75) is 71.5 Å². The minimum Gasteiger partial charge on any atom is -0.356 e. The predicted molar refractivity (Wildman–Crippen MR) is 137 cm³/mol. The van der Waals surface area contributed by atoms with Crippen LogP contribution in [0.3, 0.4) is 0 Å². The van der Waals surface area contributed by atoms with Crippen molar-refractivity contribution >= 4 is 28.2 Å². The third-order valence-corrected chi connectivity index (χ3v) is 7.14. The van der Waals surface area contributed by atoms with E-state index in [2.05, 4.69) is 60.2 Å². The lowest BCUT2D eigenvalue weighted by Crippen LogP contribution is -2.47. The Bertz CT molecular complexity index is 1150. The summed E-state index contributed by atoms with van der Waals surface area (Å²) in [5.74, 6) is 0. The zero-order valence-corrected chi connectivity index (χ0v) is 20.1. The number of aromatic nitrogens is 1. The molecule has 1 atom stereocenters. The lowest BCUT2D eigenvalue weighted by Gasteiger charge is -2.37. The van der Waals surface area contributed by atoms with Crippen molar-refractivity contribution in [1.29, 1.82) is 0 Å². The van der Waals surface area contributed by atoms with E-state index in [1.807, 2.05) is 24.3 Å². The molecule has 3 aromatic rings. The Hall–Kier alpha value is -2.66. The molecule has 168 valence electrons. The predicted octanol–water partition coefficient (Wildman–Crippen LogP) is 5.92. The first kappa shape index (κ1) is 22.5. The lowest BCUT2D eigenvalue weighted by atomic mass is 9.94. The second-order valence-corrected chi connectivity index (χ2v) is 9.54. The van der Waals surface area contributed by atoms with Crippen LogP contribution in [0.1, 0.15) is 67.3 Å². The molecule has 1 aromatic heterocycles. The van der Waals surface area contributed by atoms with E-state index in [4.69, 9.17) is 12.2 Å². The number of hydrogen-bond donors (Lipinski definition) is 2. The van der Waals surface area contributed by atoms with Crippen LogP contribution in [0.4, 0.5) is 0 Å². The van der Waals surface area contributed by atoms with Gasteiger partial charge in [-0.2, -0.15) is 0 Å². The molecular formula is C27H33N3OS. The summed E-state index contributed by atoms with van der Waals surface area (Å²) in [6, 6.07) is 17.1. The second kappa shape index (κ2) is 9.86. The van der Waals surface area contributed by atoms with Crippen LogP contribution in [-0.2, 0) is 6.54 Å². The Labute approximate surface area is 196 Å². The summed E-state index contributed by atoms with van der Waals surface area (Å²) in [5, 5.41) is 5.33. The fourth-order valence-electron chi connectivity index (χ4n) is 4.68. The SMILES string of the molecule is Cc1cc2cc(CN(C(=S)NC(C)c3ccccc3)C3CCCCC3)c(=O)[nH]c2cc1C. The number of benzene rings is 2. The van der Waals surface area contributed by atoms with Gasteiger partial charge in [-0.05, 0) is 86.1 Å². The van der Waals surface area contributed by atoms with Crippen molar-refractivity contribution in [2.75, 3.05) is 0 Å². The van der Waals surface area contributed by atoms with Crippen LogP contribution in [0.5, 0.6) is 0 Å². The van der Waals surface area contributed by atoms with Gasteiger partial charge in [-0.15, -0.1) is 0 Å². The fourth-order valence-corrected chi connectivity index (χ4v) is 5.07. The zero-order valence-electron chi connectivity index (χ0n) is 19.3. The quantitative estimate of drug-likeness (QED) is 0.477. The Morgan fingerprint density at radius 2 is 1.78 bits per heavy atom. The number of nitrogens with one attached hydrogen (secondary N) is 2. The van der Waals surface area contributed by atoms with E-state index in [-0.39, 0.29) is 11.6 Å². The third-order valence-electron chi connectivity index (χ3n) is 6.79. The van der Waals surface area contributed by atoms with Gasteiger partial charge in [-0.3, -0.25) is 4.79 Å². The normalized spacial score (nSPS) is 15.5. The van der Waals surface area contributed by atoms with Gasteiger partial charge in [0.2, 0.25) is 0 Å². The molecular weight excluding hydrogens is 414 g/mol. The number of fused-ring (bicyclic) bond motifs is 1. The molecule has 1 aliphatic carbocycles. The van der Waals surface area contributed by atoms with Crippen molar-refractivity contribution in [1.82, 2.24) is 15.2 Å².